The minimum atomic E-state index is -0.485. The monoisotopic (exact) mass is 236 g/mol. The van der Waals surface area contributed by atoms with Crippen LogP contribution < -0.4 is 10.6 Å². The number of benzene rings is 1. The van der Waals surface area contributed by atoms with E-state index in [4.69, 9.17) is 0 Å². The molecule has 5 nitrogen and oxygen atoms in total. The Morgan fingerprint density at radius 1 is 1.29 bits per heavy atom. The van der Waals surface area contributed by atoms with E-state index in [0.717, 1.165) is 16.8 Å². The van der Waals surface area contributed by atoms with Crippen LogP contribution >= 0.6 is 0 Å². The van der Waals surface area contributed by atoms with Gasteiger partial charge in [0.25, 0.3) is 0 Å². The summed E-state index contributed by atoms with van der Waals surface area (Å²) >= 11 is 0. The van der Waals surface area contributed by atoms with Gasteiger partial charge in [0.2, 0.25) is 0 Å². The number of anilines is 1. The first-order chi connectivity index (χ1) is 8.02. The summed E-state index contributed by atoms with van der Waals surface area (Å²) in [7, 11) is 1.27. The van der Waals surface area contributed by atoms with E-state index in [1.54, 1.807) is 0 Å². The highest BCUT2D eigenvalue weighted by Crippen LogP contribution is 2.15. The van der Waals surface area contributed by atoms with Gasteiger partial charge in [-0.15, -0.1) is 0 Å². The van der Waals surface area contributed by atoms with Gasteiger partial charge < -0.3 is 15.4 Å². The molecule has 1 rings (SSSR count). The Kier molecular flexibility index (Phi) is 4.51. The molecule has 0 radical (unpaired) electrons. The lowest BCUT2D eigenvalue weighted by atomic mass is 10.1. The van der Waals surface area contributed by atoms with Crippen LogP contribution in [0.2, 0.25) is 0 Å². The molecule has 0 aromatic heterocycles. The third kappa shape index (κ3) is 4.14. The Labute approximate surface area is 100 Å². The van der Waals surface area contributed by atoms with Gasteiger partial charge in [-0.1, -0.05) is 12.1 Å². The summed E-state index contributed by atoms with van der Waals surface area (Å²) in [6, 6.07) is 5.33. The van der Waals surface area contributed by atoms with Gasteiger partial charge >= 0.3 is 12.0 Å². The van der Waals surface area contributed by atoms with Crippen molar-refractivity contribution in [1.82, 2.24) is 5.32 Å². The first kappa shape index (κ1) is 13.0. The Morgan fingerprint density at radius 2 is 2.00 bits per heavy atom. The number of amides is 2. The summed E-state index contributed by atoms with van der Waals surface area (Å²) in [4.78, 5) is 22.3. The van der Waals surface area contributed by atoms with Gasteiger partial charge in [-0.05, 0) is 31.0 Å². The fourth-order valence-corrected chi connectivity index (χ4v) is 1.26. The number of urea groups is 1. The second-order valence-electron chi connectivity index (χ2n) is 3.70. The molecule has 5 heteroatoms. The summed E-state index contributed by atoms with van der Waals surface area (Å²) in [6.45, 7) is 3.69. The van der Waals surface area contributed by atoms with Crippen molar-refractivity contribution in [2.45, 2.75) is 13.8 Å². The minimum Gasteiger partial charge on any atom is -0.468 e. The average molecular weight is 236 g/mol. The number of carbonyl (C=O) groups is 2. The van der Waals surface area contributed by atoms with Gasteiger partial charge in [-0.3, -0.25) is 4.79 Å². The van der Waals surface area contributed by atoms with Gasteiger partial charge in [0.05, 0.1) is 7.11 Å². The van der Waals surface area contributed by atoms with Crippen molar-refractivity contribution in [2.75, 3.05) is 19.0 Å². The number of methoxy groups -OCH3 is 1. The van der Waals surface area contributed by atoms with E-state index >= 15 is 0 Å². The lowest BCUT2D eigenvalue weighted by Gasteiger charge is -2.09. The molecular formula is C12H16N2O3. The van der Waals surface area contributed by atoms with E-state index in [9.17, 15) is 9.59 Å². The number of aryl methyl sites for hydroxylation is 2. The lowest BCUT2D eigenvalue weighted by molar-refractivity contribution is -0.139. The number of nitrogens with one attached hydrogen (secondary N) is 2. The predicted molar refractivity (Wildman–Crippen MR) is 65.0 cm³/mol. The molecule has 17 heavy (non-hydrogen) atoms. The molecule has 0 aliphatic heterocycles. The molecule has 2 N–H and O–H groups in total. The fourth-order valence-electron chi connectivity index (χ4n) is 1.26. The third-order valence-electron chi connectivity index (χ3n) is 2.26. The van der Waals surface area contributed by atoms with Crippen molar-refractivity contribution < 1.29 is 14.3 Å². The zero-order chi connectivity index (χ0) is 12.8. The van der Waals surface area contributed by atoms with Crippen LogP contribution in [-0.2, 0) is 9.53 Å². The maximum atomic E-state index is 11.5. The Balaban J connectivity index is 2.56. The van der Waals surface area contributed by atoms with Crippen LogP contribution in [-0.4, -0.2) is 25.7 Å². The lowest BCUT2D eigenvalue weighted by Crippen LogP contribution is -2.33. The summed E-state index contributed by atoms with van der Waals surface area (Å²) in [5.74, 6) is -0.485. The van der Waals surface area contributed by atoms with Gasteiger partial charge in [-0.25, -0.2) is 4.79 Å². The van der Waals surface area contributed by atoms with Crippen molar-refractivity contribution >= 4 is 17.7 Å². The van der Waals surface area contributed by atoms with E-state index in [1.807, 2.05) is 32.0 Å². The number of esters is 1. The Hall–Kier alpha value is -2.04. The maximum absolute atomic E-state index is 11.5. The van der Waals surface area contributed by atoms with Crippen LogP contribution in [0.3, 0.4) is 0 Å². The molecule has 0 unspecified atom stereocenters. The highest BCUT2D eigenvalue weighted by atomic mass is 16.5. The summed E-state index contributed by atoms with van der Waals surface area (Å²) in [5.41, 5.74) is 2.75. The standard InChI is InChI=1S/C12H16N2O3/c1-8-4-5-9(2)10(6-8)14-12(16)13-7-11(15)17-3/h4-6H,7H2,1-3H3,(H2,13,14,16). The molecule has 92 valence electrons. The van der Waals surface area contributed by atoms with Crippen molar-refractivity contribution in [2.24, 2.45) is 0 Å². The molecule has 0 saturated carbocycles. The van der Waals surface area contributed by atoms with E-state index in [0.29, 0.717) is 0 Å². The molecule has 0 bridgehead atoms. The molecular weight excluding hydrogens is 220 g/mol. The zero-order valence-electron chi connectivity index (χ0n) is 10.2. The van der Waals surface area contributed by atoms with Crippen LogP contribution in [0, 0.1) is 13.8 Å². The summed E-state index contributed by atoms with van der Waals surface area (Å²) < 4.78 is 4.41. The first-order valence-corrected chi connectivity index (χ1v) is 5.22. The normalized spacial score (nSPS) is 9.59. The smallest absolute Gasteiger partial charge is 0.325 e. The number of hydrogen-bond donors (Lipinski definition) is 2. The second kappa shape index (κ2) is 5.89. The van der Waals surface area contributed by atoms with Gasteiger partial charge in [0, 0.05) is 5.69 Å². The molecule has 0 heterocycles. The van der Waals surface area contributed by atoms with Crippen LogP contribution in [0.1, 0.15) is 11.1 Å². The van der Waals surface area contributed by atoms with Crippen LogP contribution in [0.15, 0.2) is 18.2 Å². The van der Waals surface area contributed by atoms with E-state index in [1.165, 1.54) is 7.11 Å². The number of rotatable bonds is 3. The van der Waals surface area contributed by atoms with E-state index < -0.39 is 12.0 Å². The fraction of sp³-hybridized carbons (Fsp3) is 0.333. The van der Waals surface area contributed by atoms with E-state index in [-0.39, 0.29) is 6.54 Å². The Bertz CT molecular complexity index is 430. The second-order valence-corrected chi connectivity index (χ2v) is 3.70. The van der Waals surface area contributed by atoms with Crippen molar-refractivity contribution in [3.63, 3.8) is 0 Å². The highest BCUT2D eigenvalue weighted by Gasteiger charge is 2.06. The third-order valence-corrected chi connectivity index (χ3v) is 2.26. The van der Waals surface area contributed by atoms with E-state index in [2.05, 4.69) is 15.4 Å². The quantitative estimate of drug-likeness (QED) is 0.783. The van der Waals surface area contributed by atoms with Gasteiger partial charge in [0.1, 0.15) is 6.54 Å². The topological polar surface area (TPSA) is 67.4 Å². The molecule has 2 amide bonds. The van der Waals surface area contributed by atoms with Crippen LogP contribution in [0.5, 0.6) is 0 Å². The highest BCUT2D eigenvalue weighted by molar-refractivity contribution is 5.92. The molecule has 0 aliphatic carbocycles. The minimum absolute atomic E-state index is 0.146. The van der Waals surface area contributed by atoms with Crippen molar-refractivity contribution in [3.05, 3.63) is 29.3 Å². The average Bonchev–Trinajstić information content (AvgIpc) is 2.30. The molecule has 0 atom stereocenters. The molecule has 0 fully saturated rings. The molecule has 0 saturated heterocycles. The van der Waals surface area contributed by atoms with Crippen molar-refractivity contribution in [1.29, 1.82) is 0 Å². The summed E-state index contributed by atoms with van der Waals surface area (Å²) in [5, 5.41) is 5.08. The maximum Gasteiger partial charge on any atom is 0.325 e. The van der Waals surface area contributed by atoms with Gasteiger partial charge in [0.15, 0.2) is 0 Å². The Morgan fingerprint density at radius 3 is 2.65 bits per heavy atom. The van der Waals surface area contributed by atoms with Crippen LogP contribution in [0.4, 0.5) is 10.5 Å². The number of carbonyl (C=O) groups excluding carboxylic acids is 2. The SMILES string of the molecule is COC(=O)CNC(=O)Nc1cc(C)ccc1C. The summed E-state index contributed by atoms with van der Waals surface area (Å²) in [6.07, 6.45) is 0. The molecule has 0 aliphatic rings. The first-order valence-electron chi connectivity index (χ1n) is 5.22. The molecule has 0 spiro atoms. The zero-order valence-corrected chi connectivity index (χ0v) is 10.2. The molecule has 1 aromatic rings. The number of hydrogen-bond acceptors (Lipinski definition) is 3. The van der Waals surface area contributed by atoms with Crippen LogP contribution in [0.25, 0.3) is 0 Å². The molecule has 1 aromatic carbocycles. The van der Waals surface area contributed by atoms with Crippen molar-refractivity contribution in [3.8, 4) is 0 Å². The predicted octanol–water partition coefficient (Wildman–Crippen LogP) is 1.60. The largest absolute Gasteiger partial charge is 0.468 e. The number of ether oxygens (including phenoxy) is 1. The van der Waals surface area contributed by atoms with Gasteiger partial charge in [-0.2, -0.15) is 0 Å².